The highest BCUT2D eigenvalue weighted by Crippen LogP contribution is 2.17. The number of anilines is 1. The first-order valence-corrected chi connectivity index (χ1v) is 8.34. The highest BCUT2D eigenvalue weighted by atomic mass is 35.5. The third kappa shape index (κ3) is 4.10. The van der Waals surface area contributed by atoms with Crippen LogP contribution >= 0.6 is 11.6 Å². The summed E-state index contributed by atoms with van der Waals surface area (Å²) in [6, 6.07) is 17.8. The average molecular weight is 369 g/mol. The van der Waals surface area contributed by atoms with Crippen molar-refractivity contribution in [2.24, 2.45) is 7.05 Å². The summed E-state index contributed by atoms with van der Waals surface area (Å²) in [4.78, 5) is 24.6. The van der Waals surface area contributed by atoms with Crippen LogP contribution in [0.25, 0.3) is 0 Å². The van der Waals surface area contributed by atoms with E-state index in [0.717, 1.165) is 5.56 Å². The molecule has 0 atom stereocenters. The summed E-state index contributed by atoms with van der Waals surface area (Å²) >= 11 is 6.03. The van der Waals surface area contributed by atoms with Gasteiger partial charge < -0.3 is 10.6 Å². The van der Waals surface area contributed by atoms with Crippen molar-refractivity contribution >= 4 is 29.2 Å². The smallest absolute Gasteiger partial charge is 0.272 e. The molecule has 0 radical (unpaired) electrons. The van der Waals surface area contributed by atoms with Gasteiger partial charge in [-0.05, 0) is 17.7 Å². The summed E-state index contributed by atoms with van der Waals surface area (Å²) in [6.45, 7) is 0.400. The summed E-state index contributed by atoms with van der Waals surface area (Å²) in [6.07, 6.45) is 0. The van der Waals surface area contributed by atoms with Crippen LogP contribution in [0.1, 0.15) is 26.4 Å². The van der Waals surface area contributed by atoms with E-state index in [2.05, 4.69) is 15.7 Å². The molecule has 6 nitrogen and oxygen atoms in total. The molecule has 3 aromatic rings. The molecule has 1 aromatic heterocycles. The van der Waals surface area contributed by atoms with Gasteiger partial charge in [-0.2, -0.15) is 5.10 Å². The molecule has 2 aromatic carbocycles. The summed E-state index contributed by atoms with van der Waals surface area (Å²) in [5.74, 6) is -0.280. The van der Waals surface area contributed by atoms with Crippen molar-refractivity contribution in [2.45, 2.75) is 6.54 Å². The lowest BCUT2D eigenvalue weighted by molar-refractivity contribution is 0.0944. The van der Waals surface area contributed by atoms with Crippen molar-refractivity contribution in [1.82, 2.24) is 15.1 Å². The lowest BCUT2D eigenvalue weighted by Gasteiger charge is -2.06. The maximum absolute atomic E-state index is 12.3. The summed E-state index contributed by atoms with van der Waals surface area (Å²) in [7, 11) is 1.65. The van der Waals surface area contributed by atoms with Gasteiger partial charge in [0.1, 0.15) is 5.82 Å². The number of nitrogens with zero attached hydrogens (tertiary/aromatic N) is 2. The number of hydrogen-bond donors (Lipinski definition) is 2. The quantitative estimate of drug-likeness (QED) is 0.725. The van der Waals surface area contributed by atoms with Crippen LogP contribution in [-0.4, -0.2) is 21.6 Å². The first-order chi connectivity index (χ1) is 12.5. The van der Waals surface area contributed by atoms with Crippen molar-refractivity contribution in [3.05, 3.63) is 82.5 Å². The van der Waals surface area contributed by atoms with E-state index >= 15 is 0 Å². The first kappa shape index (κ1) is 17.7. The van der Waals surface area contributed by atoms with Gasteiger partial charge in [-0.1, -0.05) is 54.1 Å². The Kier molecular flexibility index (Phi) is 5.34. The van der Waals surface area contributed by atoms with Crippen LogP contribution in [0.4, 0.5) is 5.82 Å². The zero-order chi connectivity index (χ0) is 18.5. The monoisotopic (exact) mass is 368 g/mol. The second-order valence-electron chi connectivity index (χ2n) is 5.64. The van der Waals surface area contributed by atoms with Gasteiger partial charge in [-0.25, -0.2) is 0 Å². The Hall–Kier alpha value is -3.12. The van der Waals surface area contributed by atoms with Gasteiger partial charge in [0.05, 0.1) is 10.6 Å². The van der Waals surface area contributed by atoms with E-state index in [-0.39, 0.29) is 17.5 Å². The number of aryl methyl sites for hydroxylation is 1. The van der Waals surface area contributed by atoms with Gasteiger partial charge in [0, 0.05) is 19.7 Å². The molecule has 0 aliphatic rings. The topological polar surface area (TPSA) is 76.0 Å². The first-order valence-electron chi connectivity index (χ1n) is 7.96. The number of carbonyl (C=O) groups is 2. The number of halogens is 1. The molecule has 0 bridgehead atoms. The Morgan fingerprint density at radius 1 is 1.04 bits per heavy atom. The van der Waals surface area contributed by atoms with E-state index in [1.54, 1.807) is 31.3 Å². The zero-order valence-electron chi connectivity index (χ0n) is 14.1. The Morgan fingerprint density at radius 2 is 1.73 bits per heavy atom. The number of amides is 2. The molecular formula is C19H17ClN4O2. The average Bonchev–Trinajstić information content (AvgIpc) is 3.01. The van der Waals surface area contributed by atoms with E-state index in [9.17, 15) is 9.59 Å². The van der Waals surface area contributed by atoms with Crippen LogP contribution < -0.4 is 10.6 Å². The van der Waals surface area contributed by atoms with Gasteiger partial charge >= 0.3 is 0 Å². The fraction of sp³-hybridized carbons (Fsp3) is 0.105. The number of carbonyl (C=O) groups excluding carboxylic acids is 2. The maximum atomic E-state index is 12.3. The minimum atomic E-state index is -0.366. The molecule has 0 fully saturated rings. The van der Waals surface area contributed by atoms with E-state index in [1.807, 2.05) is 30.3 Å². The molecule has 2 amide bonds. The number of nitrogens with one attached hydrogen (secondary N) is 2. The van der Waals surface area contributed by atoms with Crippen LogP contribution in [0.5, 0.6) is 0 Å². The second-order valence-corrected chi connectivity index (χ2v) is 6.05. The van der Waals surface area contributed by atoms with E-state index in [1.165, 1.54) is 10.7 Å². The van der Waals surface area contributed by atoms with Crippen LogP contribution in [0.2, 0.25) is 5.02 Å². The van der Waals surface area contributed by atoms with Gasteiger partial charge in [0.2, 0.25) is 0 Å². The predicted molar refractivity (Wildman–Crippen MR) is 100 cm³/mol. The SMILES string of the molecule is Cn1nc(C(=O)NCc2ccccc2)cc1NC(=O)c1ccccc1Cl. The van der Waals surface area contributed by atoms with Crippen LogP contribution in [-0.2, 0) is 13.6 Å². The number of aromatic nitrogens is 2. The molecular weight excluding hydrogens is 352 g/mol. The second kappa shape index (κ2) is 7.84. The van der Waals surface area contributed by atoms with Crippen LogP contribution in [0.15, 0.2) is 60.7 Å². The zero-order valence-corrected chi connectivity index (χ0v) is 14.8. The molecule has 0 saturated carbocycles. The van der Waals surface area contributed by atoms with Gasteiger partial charge in [0.15, 0.2) is 5.69 Å². The standard InChI is InChI=1S/C19H17ClN4O2/c1-24-17(22-18(25)14-9-5-6-10-15(14)20)11-16(23-24)19(26)21-12-13-7-3-2-4-8-13/h2-11H,12H2,1H3,(H,21,26)(H,22,25). The molecule has 0 aliphatic carbocycles. The molecule has 0 unspecified atom stereocenters. The van der Waals surface area contributed by atoms with Crippen molar-refractivity contribution in [1.29, 1.82) is 0 Å². The lowest BCUT2D eigenvalue weighted by atomic mass is 10.2. The Morgan fingerprint density at radius 3 is 2.46 bits per heavy atom. The molecule has 1 heterocycles. The molecule has 0 saturated heterocycles. The van der Waals surface area contributed by atoms with E-state index in [0.29, 0.717) is 22.9 Å². The fourth-order valence-electron chi connectivity index (χ4n) is 2.39. The third-order valence-electron chi connectivity index (χ3n) is 3.77. The van der Waals surface area contributed by atoms with Crippen LogP contribution in [0.3, 0.4) is 0 Å². The van der Waals surface area contributed by atoms with Gasteiger partial charge in [-0.3, -0.25) is 14.3 Å². The molecule has 7 heteroatoms. The molecule has 3 rings (SSSR count). The van der Waals surface area contributed by atoms with Gasteiger partial charge in [0.25, 0.3) is 11.8 Å². The normalized spacial score (nSPS) is 10.4. The number of benzene rings is 2. The molecule has 132 valence electrons. The van der Waals surface area contributed by atoms with Crippen molar-refractivity contribution in [3.63, 3.8) is 0 Å². The summed E-state index contributed by atoms with van der Waals surface area (Å²) in [5, 5.41) is 10.0. The molecule has 2 N–H and O–H groups in total. The minimum absolute atomic E-state index is 0.220. The highest BCUT2D eigenvalue weighted by Gasteiger charge is 2.16. The largest absolute Gasteiger partial charge is 0.347 e. The summed E-state index contributed by atoms with van der Waals surface area (Å²) in [5.41, 5.74) is 1.56. The van der Waals surface area contributed by atoms with Crippen LogP contribution in [0, 0.1) is 0 Å². The highest BCUT2D eigenvalue weighted by molar-refractivity contribution is 6.34. The number of hydrogen-bond acceptors (Lipinski definition) is 3. The van der Waals surface area contributed by atoms with Crippen molar-refractivity contribution in [2.75, 3.05) is 5.32 Å². The Bertz CT molecular complexity index is 938. The molecule has 0 spiro atoms. The Labute approximate surface area is 155 Å². The Balaban J connectivity index is 1.68. The minimum Gasteiger partial charge on any atom is -0.347 e. The van der Waals surface area contributed by atoms with Crippen molar-refractivity contribution in [3.8, 4) is 0 Å². The fourth-order valence-corrected chi connectivity index (χ4v) is 2.61. The van der Waals surface area contributed by atoms with E-state index in [4.69, 9.17) is 11.6 Å². The number of rotatable bonds is 5. The predicted octanol–water partition coefficient (Wildman–Crippen LogP) is 3.26. The van der Waals surface area contributed by atoms with E-state index < -0.39 is 0 Å². The third-order valence-corrected chi connectivity index (χ3v) is 4.10. The molecule has 0 aliphatic heterocycles. The maximum Gasteiger partial charge on any atom is 0.272 e. The van der Waals surface area contributed by atoms with Gasteiger partial charge in [-0.15, -0.1) is 0 Å². The molecule has 26 heavy (non-hydrogen) atoms. The lowest BCUT2D eigenvalue weighted by Crippen LogP contribution is -2.23. The van der Waals surface area contributed by atoms with Crippen molar-refractivity contribution < 1.29 is 9.59 Å². The summed E-state index contributed by atoms with van der Waals surface area (Å²) < 4.78 is 1.44.